The maximum Gasteiger partial charge on any atom is 0.261 e. The van der Waals surface area contributed by atoms with Gasteiger partial charge in [-0.2, -0.15) is 0 Å². The van der Waals surface area contributed by atoms with E-state index in [1.165, 1.54) is 51.4 Å². The van der Waals surface area contributed by atoms with Gasteiger partial charge in [-0.25, -0.2) is 18.4 Å². The number of amidine groups is 1. The van der Waals surface area contributed by atoms with Crippen LogP contribution in [0.3, 0.4) is 0 Å². The molecule has 0 bridgehead atoms. The van der Waals surface area contributed by atoms with E-state index in [-0.39, 0.29) is 4.90 Å². The number of hydrogen-bond donors (Lipinski definition) is 1. The molecule has 0 aliphatic carbocycles. The van der Waals surface area contributed by atoms with Crippen molar-refractivity contribution in [1.82, 2.24) is 0 Å². The Morgan fingerprint density at radius 2 is 1.32 bits per heavy atom. The summed E-state index contributed by atoms with van der Waals surface area (Å²) in [4.78, 5) is 9.31. The van der Waals surface area contributed by atoms with Crippen LogP contribution in [0.15, 0.2) is 106 Å². The average molecular weight is 572 g/mol. The Kier molecular flexibility index (Phi) is 11.3. The van der Waals surface area contributed by atoms with Gasteiger partial charge in [0.15, 0.2) is 5.84 Å². The van der Waals surface area contributed by atoms with Crippen LogP contribution in [0.5, 0.6) is 5.75 Å². The summed E-state index contributed by atoms with van der Waals surface area (Å²) in [6.07, 6.45) is 12.8. The number of allylic oxidation sites excluding steroid dienone is 1. The summed E-state index contributed by atoms with van der Waals surface area (Å²) in [6.45, 7) is 6.92. The standard InChI is InChI=1S/C34H41N3O3S/c1-3-4-5-6-7-8-9-10-11-15-26-40-31-22-24-32(25-23-31)41(38,39)37-30-20-18-28(19-21-30)33-27(2)35-34(36-33)29-16-13-12-14-17-29/h12-14,16-25,37H,2-11,15,26H2,1H3. The number of anilines is 1. The van der Waals surface area contributed by atoms with Gasteiger partial charge in [0, 0.05) is 16.8 Å². The second kappa shape index (κ2) is 15.3. The maximum absolute atomic E-state index is 13.0. The first-order valence-corrected chi connectivity index (χ1v) is 16.2. The molecule has 0 saturated heterocycles. The number of hydrogen-bond acceptors (Lipinski definition) is 5. The van der Waals surface area contributed by atoms with E-state index in [4.69, 9.17) is 4.74 Å². The molecule has 41 heavy (non-hydrogen) atoms. The minimum Gasteiger partial charge on any atom is -0.494 e. The van der Waals surface area contributed by atoms with Gasteiger partial charge >= 0.3 is 0 Å². The Morgan fingerprint density at radius 1 is 0.707 bits per heavy atom. The molecular formula is C34H41N3O3S. The molecule has 0 atom stereocenters. The SMILES string of the molecule is C=C1N=C(c2ccccc2)N=C1c1ccc(NS(=O)(=O)c2ccc(OCCCCCCCCCCCC)cc2)cc1. The van der Waals surface area contributed by atoms with Crippen molar-refractivity contribution >= 4 is 27.3 Å². The lowest BCUT2D eigenvalue weighted by Gasteiger charge is -2.10. The summed E-state index contributed by atoms with van der Waals surface area (Å²) in [6, 6.07) is 23.4. The number of nitrogens with one attached hydrogen (secondary N) is 1. The van der Waals surface area contributed by atoms with Crippen LogP contribution in [-0.4, -0.2) is 26.6 Å². The predicted molar refractivity (Wildman–Crippen MR) is 170 cm³/mol. The third-order valence-corrected chi connectivity index (χ3v) is 8.47. The highest BCUT2D eigenvalue weighted by Gasteiger charge is 2.19. The van der Waals surface area contributed by atoms with Crippen molar-refractivity contribution in [2.45, 2.75) is 76.0 Å². The van der Waals surface area contributed by atoms with Gasteiger partial charge in [-0.05, 0) is 42.8 Å². The average Bonchev–Trinajstić information content (AvgIpc) is 3.38. The van der Waals surface area contributed by atoms with E-state index in [1.54, 1.807) is 36.4 Å². The smallest absolute Gasteiger partial charge is 0.261 e. The van der Waals surface area contributed by atoms with Gasteiger partial charge in [0.1, 0.15) is 5.75 Å². The zero-order valence-electron chi connectivity index (χ0n) is 24.0. The van der Waals surface area contributed by atoms with Crippen LogP contribution in [-0.2, 0) is 10.0 Å². The maximum atomic E-state index is 13.0. The second-order valence-electron chi connectivity index (χ2n) is 10.4. The van der Waals surface area contributed by atoms with Crippen molar-refractivity contribution in [3.8, 4) is 5.75 Å². The summed E-state index contributed by atoms with van der Waals surface area (Å²) >= 11 is 0. The van der Waals surface area contributed by atoms with Crippen LogP contribution in [0.1, 0.15) is 82.3 Å². The highest BCUT2D eigenvalue weighted by atomic mass is 32.2. The fraction of sp³-hybridized carbons (Fsp3) is 0.353. The van der Waals surface area contributed by atoms with Gasteiger partial charge in [0.25, 0.3) is 10.0 Å². The lowest BCUT2D eigenvalue weighted by atomic mass is 10.1. The number of sulfonamides is 1. The molecule has 1 aliphatic heterocycles. The van der Waals surface area contributed by atoms with E-state index in [0.29, 0.717) is 35.3 Å². The molecule has 3 aromatic carbocycles. The molecule has 0 fully saturated rings. The Bertz CT molecular complexity index is 1430. The van der Waals surface area contributed by atoms with E-state index >= 15 is 0 Å². The van der Waals surface area contributed by atoms with Crippen molar-refractivity contribution in [2.75, 3.05) is 11.3 Å². The van der Waals surface area contributed by atoms with Gasteiger partial charge in [-0.15, -0.1) is 0 Å². The minimum atomic E-state index is -3.74. The Labute approximate surface area is 245 Å². The highest BCUT2D eigenvalue weighted by molar-refractivity contribution is 7.92. The number of benzene rings is 3. The first-order valence-electron chi connectivity index (χ1n) is 14.7. The minimum absolute atomic E-state index is 0.183. The number of unbranched alkanes of at least 4 members (excludes halogenated alkanes) is 9. The van der Waals surface area contributed by atoms with E-state index in [9.17, 15) is 8.42 Å². The molecule has 0 unspecified atom stereocenters. The van der Waals surface area contributed by atoms with Gasteiger partial charge < -0.3 is 4.74 Å². The van der Waals surface area contributed by atoms with Gasteiger partial charge in [0.05, 0.1) is 22.9 Å². The third kappa shape index (κ3) is 9.15. The molecule has 0 aromatic heterocycles. The highest BCUT2D eigenvalue weighted by Crippen LogP contribution is 2.23. The first kappa shape index (κ1) is 30.3. The molecule has 6 nitrogen and oxygen atoms in total. The summed E-state index contributed by atoms with van der Waals surface area (Å²) in [5.74, 6) is 1.30. The third-order valence-electron chi connectivity index (χ3n) is 7.08. The molecule has 7 heteroatoms. The molecule has 1 heterocycles. The molecule has 216 valence electrons. The van der Waals surface area contributed by atoms with Crippen LogP contribution in [0.2, 0.25) is 0 Å². The Hall–Kier alpha value is -3.71. The molecule has 3 aromatic rings. The van der Waals surface area contributed by atoms with Gasteiger partial charge in [0.2, 0.25) is 0 Å². The normalized spacial score (nSPS) is 13.1. The molecule has 0 saturated carbocycles. The lowest BCUT2D eigenvalue weighted by Crippen LogP contribution is -2.13. The van der Waals surface area contributed by atoms with Crippen molar-refractivity contribution in [3.05, 3.63) is 102 Å². The molecular weight excluding hydrogens is 530 g/mol. The van der Waals surface area contributed by atoms with Crippen molar-refractivity contribution in [1.29, 1.82) is 0 Å². The van der Waals surface area contributed by atoms with E-state index in [1.807, 2.05) is 42.5 Å². The van der Waals surface area contributed by atoms with E-state index < -0.39 is 10.0 Å². The van der Waals surface area contributed by atoms with Crippen molar-refractivity contribution in [2.24, 2.45) is 9.98 Å². The number of rotatable bonds is 17. The Morgan fingerprint density at radius 3 is 1.95 bits per heavy atom. The van der Waals surface area contributed by atoms with E-state index in [2.05, 4.69) is 28.2 Å². The quantitative estimate of drug-likeness (QED) is 0.165. The number of ether oxygens (including phenoxy) is 1. The fourth-order valence-corrected chi connectivity index (χ4v) is 5.79. The monoisotopic (exact) mass is 571 g/mol. The summed E-state index contributed by atoms with van der Waals surface area (Å²) < 4.78 is 34.4. The zero-order chi connectivity index (χ0) is 28.9. The second-order valence-corrected chi connectivity index (χ2v) is 12.1. The van der Waals surface area contributed by atoms with Crippen LogP contribution in [0, 0.1) is 0 Å². The molecule has 1 N–H and O–H groups in total. The first-order chi connectivity index (χ1) is 20.0. The number of nitrogens with zero attached hydrogens (tertiary/aromatic N) is 2. The lowest BCUT2D eigenvalue weighted by molar-refractivity contribution is 0.304. The number of aliphatic imine (C=N–C) groups is 2. The van der Waals surface area contributed by atoms with Crippen LogP contribution in [0.4, 0.5) is 5.69 Å². The topological polar surface area (TPSA) is 80.1 Å². The van der Waals surface area contributed by atoms with Crippen LogP contribution in [0.25, 0.3) is 0 Å². The zero-order valence-corrected chi connectivity index (χ0v) is 24.8. The van der Waals surface area contributed by atoms with Crippen molar-refractivity contribution in [3.63, 3.8) is 0 Å². The summed E-state index contributed by atoms with van der Waals surface area (Å²) in [7, 11) is -3.74. The van der Waals surface area contributed by atoms with Gasteiger partial charge in [-0.3, -0.25) is 4.72 Å². The molecule has 1 aliphatic rings. The summed E-state index contributed by atoms with van der Waals surface area (Å²) in [5, 5.41) is 0. The van der Waals surface area contributed by atoms with E-state index in [0.717, 1.165) is 24.0 Å². The summed E-state index contributed by atoms with van der Waals surface area (Å²) in [5.41, 5.74) is 3.45. The van der Waals surface area contributed by atoms with Crippen LogP contribution < -0.4 is 9.46 Å². The fourth-order valence-electron chi connectivity index (χ4n) is 4.73. The molecule has 0 amide bonds. The molecule has 0 spiro atoms. The van der Waals surface area contributed by atoms with Crippen LogP contribution >= 0.6 is 0 Å². The van der Waals surface area contributed by atoms with Gasteiger partial charge in [-0.1, -0.05) is 114 Å². The largest absolute Gasteiger partial charge is 0.494 e. The molecule has 4 rings (SSSR count). The Balaban J connectivity index is 1.22. The van der Waals surface area contributed by atoms with Crippen molar-refractivity contribution < 1.29 is 13.2 Å². The predicted octanol–water partition coefficient (Wildman–Crippen LogP) is 8.55. The molecule has 0 radical (unpaired) electrons.